The number of aliphatic hydroxyl groups excluding tert-OH is 1. The number of para-hydroxylation sites is 1. The Morgan fingerprint density at radius 1 is 1.45 bits per heavy atom. The predicted octanol–water partition coefficient (Wildman–Crippen LogP) is 1.10. The highest BCUT2D eigenvalue weighted by Gasteiger charge is 2.30. The van der Waals surface area contributed by atoms with E-state index >= 15 is 0 Å². The average molecular weight is 278 g/mol. The molecular weight excluding hydrogens is 256 g/mol. The van der Waals surface area contributed by atoms with Crippen molar-refractivity contribution < 1.29 is 14.6 Å². The van der Waals surface area contributed by atoms with E-state index in [2.05, 4.69) is 5.32 Å². The Morgan fingerprint density at radius 2 is 2.15 bits per heavy atom. The van der Waals surface area contributed by atoms with Crippen LogP contribution in [0.5, 0.6) is 0 Å². The first-order chi connectivity index (χ1) is 9.60. The molecule has 0 aromatic heterocycles. The number of ether oxygens (including phenoxy) is 1. The molecule has 2 N–H and O–H groups in total. The van der Waals surface area contributed by atoms with Crippen LogP contribution in [0.15, 0.2) is 30.3 Å². The largest absolute Gasteiger partial charge is 0.394 e. The van der Waals surface area contributed by atoms with E-state index in [9.17, 15) is 9.90 Å². The van der Waals surface area contributed by atoms with Crippen LogP contribution in [0.2, 0.25) is 0 Å². The molecule has 1 aromatic rings. The monoisotopic (exact) mass is 278 g/mol. The molecule has 3 atom stereocenters. The van der Waals surface area contributed by atoms with Gasteiger partial charge in [-0.05, 0) is 26.0 Å². The maximum atomic E-state index is 12.3. The van der Waals surface area contributed by atoms with Crippen LogP contribution in [-0.4, -0.2) is 53.9 Å². The van der Waals surface area contributed by atoms with Gasteiger partial charge in [-0.2, -0.15) is 0 Å². The zero-order valence-corrected chi connectivity index (χ0v) is 12.0. The Kier molecular flexibility index (Phi) is 5.11. The minimum Gasteiger partial charge on any atom is -0.394 e. The summed E-state index contributed by atoms with van der Waals surface area (Å²) in [5.41, 5.74) is 0.796. The Hall–Kier alpha value is -1.43. The molecule has 1 saturated heterocycles. The highest BCUT2D eigenvalue weighted by molar-refractivity contribution is 5.94. The van der Waals surface area contributed by atoms with Crippen molar-refractivity contribution >= 4 is 11.6 Å². The molecule has 1 fully saturated rings. The molecule has 1 aliphatic heterocycles. The van der Waals surface area contributed by atoms with E-state index in [1.165, 1.54) is 0 Å². The lowest BCUT2D eigenvalue weighted by molar-refractivity contribution is -0.131. The number of benzene rings is 1. The second kappa shape index (κ2) is 6.83. The molecule has 1 amide bonds. The number of nitrogens with one attached hydrogen (secondary N) is 1. The highest BCUT2D eigenvalue weighted by Crippen LogP contribution is 2.15. The number of hydrogen-bond acceptors (Lipinski definition) is 4. The summed E-state index contributed by atoms with van der Waals surface area (Å²) in [4.78, 5) is 14.3. The van der Waals surface area contributed by atoms with Crippen LogP contribution in [-0.2, 0) is 9.53 Å². The molecule has 1 aromatic carbocycles. The fraction of sp³-hybridized carbons (Fsp3) is 0.533. The summed E-state index contributed by atoms with van der Waals surface area (Å²) in [7, 11) is 0. The van der Waals surface area contributed by atoms with Gasteiger partial charge < -0.3 is 15.2 Å². The van der Waals surface area contributed by atoms with Crippen molar-refractivity contribution in [3.63, 3.8) is 0 Å². The molecule has 3 unspecified atom stereocenters. The normalized spacial score (nSPS) is 25.1. The van der Waals surface area contributed by atoms with Gasteiger partial charge >= 0.3 is 0 Å². The molecule has 5 nitrogen and oxygen atoms in total. The first kappa shape index (κ1) is 15.0. The molecule has 0 bridgehead atoms. The van der Waals surface area contributed by atoms with E-state index in [1.54, 1.807) is 0 Å². The topological polar surface area (TPSA) is 61.8 Å². The smallest absolute Gasteiger partial charge is 0.241 e. The number of rotatable bonds is 4. The van der Waals surface area contributed by atoms with Gasteiger partial charge in [0.2, 0.25) is 5.91 Å². The number of amides is 1. The van der Waals surface area contributed by atoms with Crippen LogP contribution in [0.1, 0.15) is 13.8 Å². The number of anilines is 1. The van der Waals surface area contributed by atoms with Gasteiger partial charge in [-0.3, -0.25) is 9.69 Å². The van der Waals surface area contributed by atoms with Gasteiger partial charge in [0.25, 0.3) is 0 Å². The highest BCUT2D eigenvalue weighted by atomic mass is 16.5. The Balaban J connectivity index is 1.95. The third-order valence-electron chi connectivity index (χ3n) is 3.53. The Morgan fingerprint density at radius 3 is 2.80 bits per heavy atom. The Labute approximate surface area is 119 Å². The maximum Gasteiger partial charge on any atom is 0.241 e. The van der Waals surface area contributed by atoms with Gasteiger partial charge in [0.15, 0.2) is 0 Å². The van der Waals surface area contributed by atoms with Crippen LogP contribution in [0.4, 0.5) is 5.69 Å². The summed E-state index contributed by atoms with van der Waals surface area (Å²) in [6, 6.07) is 9.16. The molecule has 0 radical (unpaired) electrons. The predicted molar refractivity (Wildman–Crippen MR) is 77.5 cm³/mol. The van der Waals surface area contributed by atoms with Gasteiger partial charge in [0.05, 0.1) is 24.9 Å². The summed E-state index contributed by atoms with van der Waals surface area (Å²) >= 11 is 0. The molecule has 20 heavy (non-hydrogen) atoms. The molecule has 110 valence electrons. The quantitative estimate of drug-likeness (QED) is 0.865. The fourth-order valence-electron chi connectivity index (χ4n) is 2.43. The van der Waals surface area contributed by atoms with Crippen molar-refractivity contribution in [3.05, 3.63) is 30.3 Å². The average Bonchev–Trinajstić information content (AvgIpc) is 2.46. The minimum absolute atomic E-state index is 0.0200. The van der Waals surface area contributed by atoms with E-state index < -0.39 is 0 Å². The summed E-state index contributed by atoms with van der Waals surface area (Å²) in [6.45, 7) is 5.08. The van der Waals surface area contributed by atoms with E-state index in [4.69, 9.17) is 4.74 Å². The summed E-state index contributed by atoms with van der Waals surface area (Å²) < 4.78 is 5.59. The van der Waals surface area contributed by atoms with Crippen LogP contribution in [0.25, 0.3) is 0 Å². The molecular formula is C15H22N2O3. The number of carbonyl (C=O) groups is 1. The van der Waals surface area contributed by atoms with Crippen molar-refractivity contribution in [2.24, 2.45) is 0 Å². The van der Waals surface area contributed by atoms with Crippen LogP contribution >= 0.6 is 0 Å². The van der Waals surface area contributed by atoms with E-state index in [0.717, 1.165) is 5.69 Å². The van der Waals surface area contributed by atoms with Gasteiger partial charge in [-0.1, -0.05) is 18.2 Å². The third-order valence-corrected chi connectivity index (χ3v) is 3.53. The first-order valence-corrected chi connectivity index (χ1v) is 6.96. The summed E-state index contributed by atoms with van der Waals surface area (Å²) in [6.07, 6.45) is -0.196. The number of morpholine rings is 1. The molecule has 0 aliphatic carbocycles. The Bertz CT molecular complexity index is 438. The number of aliphatic hydroxyl groups is 1. The minimum atomic E-state index is -0.254. The molecule has 0 spiro atoms. The molecule has 5 heteroatoms. The van der Waals surface area contributed by atoms with E-state index in [0.29, 0.717) is 13.1 Å². The number of hydrogen-bond donors (Lipinski definition) is 2. The second-order valence-electron chi connectivity index (χ2n) is 5.24. The summed E-state index contributed by atoms with van der Waals surface area (Å²) in [5, 5.41) is 12.1. The van der Waals surface area contributed by atoms with Crippen molar-refractivity contribution in [2.75, 3.05) is 25.0 Å². The molecule has 0 saturated carbocycles. The molecule has 2 rings (SSSR count). The van der Waals surface area contributed by atoms with Gasteiger partial charge in [-0.15, -0.1) is 0 Å². The number of carbonyl (C=O) groups excluding carboxylic acids is 1. The lowest BCUT2D eigenvalue weighted by Gasteiger charge is -2.38. The number of nitrogens with zero attached hydrogens (tertiary/aromatic N) is 1. The van der Waals surface area contributed by atoms with E-state index in [-0.39, 0.29) is 30.8 Å². The molecule has 1 aliphatic rings. The zero-order valence-electron chi connectivity index (χ0n) is 12.0. The fourth-order valence-corrected chi connectivity index (χ4v) is 2.43. The van der Waals surface area contributed by atoms with Crippen LogP contribution in [0, 0.1) is 0 Å². The lowest BCUT2D eigenvalue weighted by Crippen LogP contribution is -2.54. The maximum absolute atomic E-state index is 12.3. The third kappa shape index (κ3) is 3.79. The van der Waals surface area contributed by atoms with Crippen molar-refractivity contribution in [1.82, 2.24) is 4.90 Å². The zero-order chi connectivity index (χ0) is 14.5. The second-order valence-corrected chi connectivity index (χ2v) is 5.24. The SMILES string of the molecule is CC1CN(C(C)C(=O)Nc2ccccc2)CC(CO)O1. The van der Waals surface area contributed by atoms with Crippen molar-refractivity contribution in [3.8, 4) is 0 Å². The van der Waals surface area contributed by atoms with Gasteiger partial charge in [0.1, 0.15) is 0 Å². The van der Waals surface area contributed by atoms with Crippen molar-refractivity contribution in [1.29, 1.82) is 0 Å². The van der Waals surface area contributed by atoms with Crippen LogP contribution < -0.4 is 5.32 Å². The van der Waals surface area contributed by atoms with E-state index in [1.807, 2.05) is 49.1 Å². The first-order valence-electron chi connectivity index (χ1n) is 6.96. The summed E-state index contributed by atoms with van der Waals surface area (Å²) in [5.74, 6) is -0.0398. The van der Waals surface area contributed by atoms with Gasteiger partial charge in [-0.25, -0.2) is 0 Å². The van der Waals surface area contributed by atoms with Crippen LogP contribution in [0.3, 0.4) is 0 Å². The molecule has 1 heterocycles. The standard InChI is InChI=1S/C15H22N2O3/c1-11-8-17(9-14(10-18)20-11)12(2)15(19)16-13-6-4-3-5-7-13/h3-7,11-12,14,18H,8-10H2,1-2H3,(H,16,19). The van der Waals surface area contributed by atoms with Crippen molar-refractivity contribution in [2.45, 2.75) is 32.1 Å². The van der Waals surface area contributed by atoms with Gasteiger partial charge in [0, 0.05) is 18.8 Å². The lowest BCUT2D eigenvalue weighted by atomic mass is 10.1.